The van der Waals surface area contributed by atoms with Gasteiger partial charge in [-0.25, -0.2) is 4.79 Å². The molecule has 1 aromatic carbocycles. The molecule has 0 aliphatic rings. The van der Waals surface area contributed by atoms with E-state index in [-0.39, 0.29) is 11.9 Å². The zero-order valence-electron chi connectivity index (χ0n) is 17.5. The molecular formula is C24H21N3O4S. The van der Waals surface area contributed by atoms with E-state index >= 15 is 0 Å². The Morgan fingerprint density at radius 3 is 2.75 bits per heavy atom. The number of aromatic nitrogens is 2. The average Bonchev–Trinajstić information content (AvgIpc) is 3.44. The fraction of sp³-hybridized carbons (Fsp3) is 0.125. The van der Waals surface area contributed by atoms with Gasteiger partial charge in [0.1, 0.15) is 11.5 Å². The molecule has 4 aromatic rings. The predicted octanol–water partition coefficient (Wildman–Crippen LogP) is 5.67. The Morgan fingerprint density at radius 1 is 1.12 bits per heavy atom. The van der Waals surface area contributed by atoms with Crippen LogP contribution in [0, 0.1) is 6.92 Å². The van der Waals surface area contributed by atoms with Crippen LogP contribution in [-0.2, 0) is 4.74 Å². The van der Waals surface area contributed by atoms with Gasteiger partial charge in [0, 0.05) is 30.2 Å². The third-order valence-corrected chi connectivity index (χ3v) is 5.61. The van der Waals surface area contributed by atoms with Gasteiger partial charge in [0.2, 0.25) is 0 Å². The monoisotopic (exact) mass is 447 g/mol. The van der Waals surface area contributed by atoms with Gasteiger partial charge in [-0.05, 0) is 55.1 Å². The number of esters is 1. The first-order valence-corrected chi connectivity index (χ1v) is 10.9. The standard InChI is InChI=1S/C24H21N3O4S/c1-3-30-24(29)16-11-20(26-14-16)21-13-19(7-9-25-21)31-18-6-4-5-17(12-18)27-23(28)22-15(2)8-10-32-22/h4-14,26H,3H2,1-2H3,(H,27,28). The van der Waals surface area contributed by atoms with Crippen molar-refractivity contribution in [2.24, 2.45) is 0 Å². The molecule has 0 aliphatic carbocycles. The van der Waals surface area contributed by atoms with Crippen molar-refractivity contribution in [3.63, 3.8) is 0 Å². The van der Waals surface area contributed by atoms with E-state index in [1.165, 1.54) is 11.3 Å². The first kappa shape index (κ1) is 21.3. The summed E-state index contributed by atoms with van der Waals surface area (Å²) in [5, 5.41) is 4.80. The number of aromatic amines is 1. The van der Waals surface area contributed by atoms with Crippen molar-refractivity contribution in [1.82, 2.24) is 9.97 Å². The van der Waals surface area contributed by atoms with Crippen LogP contribution >= 0.6 is 11.3 Å². The van der Waals surface area contributed by atoms with Crippen LogP contribution in [0.1, 0.15) is 32.5 Å². The second kappa shape index (κ2) is 9.49. The van der Waals surface area contributed by atoms with Crippen LogP contribution in [0.25, 0.3) is 11.4 Å². The number of hydrogen-bond donors (Lipinski definition) is 2. The molecular weight excluding hydrogens is 426 g/mol. The second-order valence-corrected chi connectivity index (χ2v) is 7.83. The molecule has 0 fully saturated rings. The summed E-state index contributed by atoms with van der Waals surface area (Å²) in [6.07, 6.45) is 3.21. The Bertz CT molecular complexity index is 1260. The maximum atomic E-state index is 12.5. The Balaban J connectivity index is 1.48. The van der Waals surface area contributed by atoms with E-state index in [0.717, 1.165) is 5.56 Å². The largest absolute Gasteiger partial charge is 0.462 e. The summed E-state index contributed by atoms with van der Waals surface area (Å²) >= 11 is 1.41. The number of H-pyrrole nitrogens is 1. The van der Waals surface area contributed by atoms with Crippen LogP contribution in [0.5, 0.6) is 11.5 Å². The average molecular weight is 448 g/mol. The normalized spacial score (nSPS) is 10.6. The second-order valence-electron chi connectivity index (χ2n) is 6.92. The van der Waals surface area contributed by atoms with Gasteiger partial charge in [0.25, 0.3) is 5.91 Å². The number of benzene rings is 1. The van der Waals surface area contributed by atoms with E-state index < -0.39 is 0 Å². The summed E-state index contributed by atoms with van der Waals surface area (Å²) in [5.41, 5.74) is 3.30. The highest BCUT2D eigenvalue weighted by molar-refractivity contribution is 7.12. The third-order valence-electron chi connectivity index (χ3n) is 4.60. The smallest absolute Gasteiger partial charge is 0.339 e. The first-order chi connectivity index (χ1) is 15.5. The molecule has 0 unspecified atom stereocenters. The number of hydrogen-bond acceptors (Lipinski definition) is 6. The van der Waals surface area contributed by atoms with Gasteiger partial charge >= 0.3 is 5.97 Å². The summed E-state index contributed by atoms with van der Waals surface area (Å²) in [4.78, 5) is 32.4. The fourth-order valence-electron chi connectivity index (χ4n) is 3.06. The van der Waals surface area contributed by atoms with Crippen LogP contribution in [0.4, 0.5) is 5.69 Å². The molecule has 0 saturated carbocycles. The van der Waals surface area contributed by atoms with Crippen LogP contribution in [0.2, 0.25) is 0 Å². The summed E-state index contributed by atoms with van der Waals surface area (Å²) in [6, 6.07) is 14.3. The van der Waals surface area contributed by atoms with Crippen molar-refractivity contribution in [3.8, 4) is 22.9 Å². The molecule has 0 atom stereocenters. The van der Waals surface area contributed by atoms with Gasteiger partial charge in [-0.15, -0.1) is 11.3 Å². The van der Waals surface area contributed by atoms with Gasteiger partial charge in [-0.3, -0.25) is 9.78 Å². The molecule has 1 amide bonds. The molecule has 8 heteroatoms. The molecule has 162 valence electrons. The number of carbonyl (C=O) groups excluding carboxylic acids is 2. The summed E-state index contributed by atoms with van der Waals surface area (Å²) in [6.45, 7) is 3.98. The van der Waals surface area contributed by atoms with Crippen molar-refractivity contribution in [2.45, 2.75) is 13.8 Å². The number of anilines is 1. The van der Waals surface area contributed by atoms with Crippen LogP contribution in [-0.4, -0.2) is 28.5 Å². The van der Waals surface area contributed by atoms with Crippen molar-refractivity contribution in [2.75, 3.05) is 11.9 Å². The van der Waals surface area contributed by atoms with Crippen molar-refractivity contribution >= 4 is 28.9 Å². The Morgan fingerprint density at radius 2 is 1.97 bits per heavy atom. The van der Waals surface area contributed by atoms with Gasteiger partial charge in [0.15, 0.2) is 0 Å². The molecule has 0 saturated heterocycles. The number of nitrogens with zero attached hydrogens (tertiary/aromatic N) is 1. The lowest BCUT2D eigenvalue weighted by molar-refractivity contribution is 0.0526. The van der Waals surface area contributed by atoms with E-state index in [1.54, 1.807) is 49.6 Å². The number of pyridine rings is 1. The molecule has 0 spiro atoms. The molecule has 0 radical (unpaired) electrons. The van der Waals surface area contributed by atoms with Crippen molar-refractivity contribution < 1.29 is 19.1 Å². The van der Waals surface area contributed by atoms with Gasteiger partial charge in [-0.1, -0.05) is 6.07 Å². The van der Waals surface area contributed by atoms with Crippen LogP contribution in [0.15, 0.2) is 66.3 Å². The van der Waals surface area contributed by atoms with Gasteiger partial charge in [0.05, 0.1) is 28.4 Å². The lowest BCUT2D eigenvalue weighted by atomic mass is 10.2. The molecule has 3 aromatic heterocycles. The Hall–Kier alpha value is -3.91. The van der Waals surface area contributed by atoms with Gasteiger partial charge in [-0.2, -0.15) is 0 Å². The molecule has 3 heterocycles. The number of amides is 1. The minimum Gasteiger partial charge on any atom is -0.462 e. The predicted molar refractivity (Wildman–Crippen MR) is 124 cm³/mol. The van der Waals surface area contributed by atoms with Crippen molar-refractivity contribution in [3.05, 3.63) is 82.3 Å². The highest BCUT2D eigenvalue weighted by Crippen LogP contribution is 2.28. The summed E-state index contributed by atoms with van der Waals surface area (Å²) in [5.74, 6) is 0.602. The molecule has 4 rings (SSSR count). The third kappa shape index (κ3) is 4.87. The van der Waals surface area contributed by atoms with Gasteiger partial charge < -0.3 is 19.8 Å². The minimum atomic E-state index is -0.390. The molecule has 7 nitrogen and oxygen atoms in total. The molecule has 2 N–H and O–H groups in total. The highest BCUT2D eigenvalue weighted by Gasteiger charge is 2.13. The van der Waals surface area contributed by atoms with Crippen LogP contribution in [0.3, 0.4) is 0 Å². The van der Waals surface area contributed by atoms with E-state index in [9.17, 15) is 9.59 Å². The van der Waals surface area contributed by atoms with E-state index in [2.05, 4.69) is 15.3 Å². The number of rotatable bonds is 7. The molecule has 0 bridgehead atoms. The zero-order chi connectivity index (χ0) is 22.5. The fourth-order valence-corrected chi connectivity index (χ4v) is 3.88. The lowest BCUT2D eigenvalue weighted by Gasteiger charge is -2.09. The number of carbonyl (C=O) groups is 2. The number of nitrogens with one attached hydrogen (secondary N) is 2. The Labute approximate surface area is 189 Å². The Kier molecular flexibility index (Phi) is 6.32. The van der Waals surface area contributed by atoms with E-state index in [4.69, 9.17) is 9.47 Å². The highest BCUT2D eigenvalue weighted by atomic mass is 32.1. The minimum absolute atomic E-state index is 0.148. The number of thiophene rings is 1. The SMILES string of the molecule is CCOC(=O)c1c[nH]c(-c2cc(Oc3cccc(NC(=O)c4sccc4C)c3)ccn2)c1. The topological polar surface area (TPSA) is 93.3 Å². The maximum absolute atomic E-state index is 12.5. The quantitative estimate of drug-likeness (QED) is 0.356. The maximum Gasteiger partial charge on any atom is 0.339 e. The van der Waals surface area contributed by atoms with E-state index in [0.29, 0.717) is 45.6 Å². The summed E-state index contributed by atoms with van der Waals surface area (Å²) in [7, 11) is 0. The van der Waals surface area contributed by atoms with E-state index in [1.807, 2.05) is 30.5 Å². The first-order valence-electron chi connectivity index (χ1n) is 9.99. The van der Waals surface area contributed by atoms with Crippen LogP contribution < -0.4 is 10.1 Å². The number of ether oxygens (including phenoxy) is 2. The molecule has 32 heavy (non-hydrogen) atoms. The van der Waals surface area contributed by atoms with Crippen molar-refractivity contribution in [1.29, 1.82) is 0 Å². The summed E-state index contributed by atoms with van der Waals surface area (Å²) < 4.78 is 11.0. The lowest BCUT2D eigenvalue weighted by Crippen LogP contribution is -2.11. The molecule has 0 aliphatic heterocycles. The zero-order valence-corrected chi connectivity index (χ0v) is 18.4. The number of aryl methyl sites for hydroxylation is 1.